The van der Waals surface area contributed by atoms with Crippen LogP contribution in [-0.4, -0.2) is 7.05 Å². The van der Waals surface area contributed by atoms with E-state index in [4.69, 9.17) is 22.5 Å². The quantitative estimate of drug-likeness (QED) is 0.624. The number of nitrogens with zero attached hydrogens (tertiary/aromatic N) is 1. The molecule has 4 heteroatoms. The van der Waals surface area contributed by atoms with Crippen LogP contribution >= 0.6 is 29.1 Å². The second kappa shape index (κ2) is 6.80. The molecule has 0 N–H and O–H groups in total. The standard InChI is InChI=1S/C16H18Cl2NP/c1-12(2)14-10-7-11-15(16(14)20(17)18)19(3)13-8-5-4-6-9-13/h4-12H,1-3H3. The fraction of sp³-hybridized carbons (Fsp3) is 0.250. The van der Waals surface area contributed by atoms with E-state index in [2.05, 4.69) is 49.1 Å². The number of halogens is 2. The fourth-order valence-corrected chi connectivity index (χ4v) is 4.29. The molecule has 2 aromatic rings. The molecule has 0 radical (unpaired) electrons. The highest BCUT2D eigenvalue weighted by Crippen LogP contribution is 2.50. The Morgan fingerprint density at radius 3 is 2.15 bits per heavy atom. The molecule has 20 heavy (non-hydrogen) atoms. The van der Waals surface area contributed by atoms with Gasteiger partial charge in [0, 0.05) is 18.0 Å². The molecule has 0 bridgehead atoms. The smallest absolute Gasteiger partial charge is 0.119 e. The van der Waals surface area contributed by atoms with Gasteiger partial charge in [0.2, 0.25) is 0 Å². The van der Waals surface area contributed by atoms with Crippen LogP contribution in [0.3, 0.4) is 0 Å². The van der Waals surface area contributed by atoms with Gasteiger partial charge in [-0.05, 0) is 29.7 Å². The SMILES string of the molecule is CC(C)c1cccc(N(C)c2ccccc2)c1P(Cl)Cl. The van der Waals surface area contributed by atoms with E-state index in [1.165, 1.54) is 5.56 Å². The van der Waals surface area contributed by atoms with Crippen LogP contribution in [-0.2, 0) is 0 Å². The predicted molar refractivity (Wildman–Crippen MR) is 93.3 cm³/mol. The van der Waals surface area contributed by atoms with Crippen LogP contribution in [0, 0.1) is 0 Å². The topological polar surface area (TPSA) is 3.24 Å². The van der Waals surface area contributed by atoms with Crippen LogP contribution < -0.4 is 10.2 Å². The summed E-state index contributed by atoms with van der Waals surface area (Å²) in [6.45, 7) is 3.14. The molecule has 0 unspecified atom stereocenters. The molecule has 0 saturated heterocycles. The van der Waals surface area contributed by atoms with Crippen molar-refractivity contribution in [3.63, 3.8) is 0 Å². The molecule has 2 aromatic carbocycles. The van der Waals surface area contributed by atoms with Gasteiger partial charge in [-0.3, -0.25) is 0 Å². The van der Waals surface area contributed by atoms with E-state index in [0.29, 0.717) is 5.92 Å². The van der Waals surface area contributed by atoms with Crippen molar-refractivity contribution >= 4 is 45.8 Å². The largest absolute Gasteiger partial charge is 0.344 e. The number of anilines is 2. The van der Waals surface area contributed by atoms with Crippen molar-refractivity contribution in [2.45, 2.75) is 19.8 Å². The van der Waals surface area contributed by atoms with Gasteiger partial charge < -0.3 is 4.90 Å². The van der Waals surface area contributed by atoms with Crippen LogP contribution in [0.25, 0.3) is 0 Å². The lowest BCUT2D eigenvalue weighted by Gasteiger charge is -2.25. The Hall–Kier alpha value is -0.750. The average molecular weight is 326 g/mol. The first kappa shape index (κ1) is 15.6. The lowest BCUT2D eigenvalue weighted by molar-refractivity contribution is 0.873. The fourth-order valence-electron chi connectivity index (χ4n) is 2.26. The molecule has 0 aliphatic rings. The maximum absolute atomic E-state index is 6.29. The Morgan fingerprint density at radius 2 is 1.60 bits per heavy atom. The van der Waals surface area contributed by atoms with Crippen molar-refractivity contribution in [3.05, 3.63) is 54.1 Å². The monoisotopic (exact) mass is 325 g/mol. The van der Waals surface area contributed by atoms with Gasteiger partial charge in [-0.25, -0.2) is 0 Å². The van der Waals surface area contributed by atoms with E-state index < -0.39 is 6.63 Å². The first-order valence-electron chi connectivity index (χ1n) is 6.55. The van der Waals surface area contributed by atoms with Crippen LogP contribution in [0.4, 0.5) is 11.4 Å². The zero-order valence-corrected chi connectivity index (χ0v) is 14.3. The Morgan fingerprint density at radius 1 is 0.950 bits per heavy atom. The molecule has 2 rings (SSSR count). The highest BCUT2D eigenvalue weighted by molar-refractivity contribution is 8.09. The summed E-state index contributed by atoms with van der Waals surface area (Å²) < 4.78 is 0. The second-order valence-corrected chi connectivity index (χ2v) is 8.46. The summed E-state index contributed by atoms with van der Waals surface area (Å²) in [6, 6.07) is 16.5. The first-order valence-corrected chi connectivity index (χ1v) is 9.71. The zero-order valence-electron chi connectivity index (χ0n) is 11.8. The average Bonchev–Trinajstić information content (AvgIpc) is 2.46. The summed E-state index contributed by atoms with van der Waals surface area (Å²) in [5, 5.41) is 1.06. The van der Waals surface area contributed by atoms with Crippen LogP contribution in [0.1, 0.15) is 25.3 Å². The van der Waals surface area contributed by atoms with Crippen molar-refractivity contribution in [2.75, 3.05) is 11.9 Å². The maximum atomic E-state index is 6.29. The van der Waals surface area contributed by atoms with E-state index in [-0.39, 0.29) is 0 Å². The van der Waals surface area contributed by atoms with Crippen LogP contribution in [0.5, 0.6) is 0 Å². The summed E-state index contributed by atoms with van der Waals surface area (Å²) >= 11 is 12.6. The molecule has 106 valence electrons. The minimum atomic E-state index is -1.19. The predicted octanol–water partition coefficient (Wildman–Crippen LogP) is 5.99. The zero-order chi connectivity index (χ0) is 14.7. The Bertz CT molecular complexity index is 570. The van der Waals surface area contributed by atoms with E-state index in [9.17, 15) is 0 Å². The van der Waals surface area contributed by atoms with Gasteiger partial charge in [0.05, 0.1) is 5.69 Å². The lowest BCUT2D eigenvalue weighted by Crippen LogP contribution is -2.19. The summed E-state index contributed by atoms with van der Waals surface area (Å²) in [6.07, 6.45) is 0. The molecule has 0 spiro atoms. The van der Waals surface area contributed by atoms with Gasteiger partial charge in [-0.15, -0.1) is 0 Å². The number of hydrogen-bond donors (Lipinski definition) is 0. The molecule has 0 atom stereocenters. The van der Waals surface area contributed by atoms with Crippen LogP contribution in [0.2, 0.25) is 0 Å². The second-order valence-electron chi connectivity index (χ2n) is 5.00. The van der Waals surface area contributed by atoms with E-state index in [0.717, 1.165) is 16.7 Å². The van der Waals surface area contributed by atoms with E-state index >= 15 is 0 Å². The summed E-state index contributed by atoms with van der Waals surface area (Å²) in [4.78, 5) is 2.14. The number of benzene rings is 2. The molecular weight excluding hydrogens is 308 g/mol. The summed E-state index contributed by atoms with van der Waals surface area (Å²) in [5.41, 5.74) is 3.43. The van der Waals surface area contributed by atoms with Gasteiger partial charge in [0.1, 0.15) is 6.63 Å². The third-order valence-electron chi connectivity index (χ3n) is 3.34. The van der Waals surface area contributed by atoms with Crippen molar-refractivity contribution in [3.8, 4) is 0 Å². The Balaban J connectivity index is 2.54. The Labute approximate surface area is 131 Å². The summed E-state index contributed by atoms with van der Waals surface area (Å²) in [5.74, 6) is 0.400. The van der Waals surface area contributed by atoms with Crippen LogP contribution in [0.15, 0.2) is 48.5 Å². The van der Waals surface area contributed by atoms with Crippen molar-refractivity contribution < 1.29 is 0 Å². The molecule has 0 aromatic heterocycles. The third-order valence-corrected chi connectivity index (χ3v) is 5.18. The van der Waals surface area contributed by atoms with E-state index in [1.807, 2.05) is 25.2 Å². The highest BCUT2D eigenvalue weighted by atomic mass is 35.9. The molecule has 0 aliphatic heterocycles. The van der Waals surface area contributed by atoms with Crippen molar-refractivity contribution in [1.29, 1.82) is 0 Å². The van der Waals surface area contributed by atoms with Crippen molar-refractivity contribution in [1.82, 2.24) is 0 Å². The minimum absolute atomic E-state index is 0.400. The van der Waals surface area contributed by atoms with Gasteiger partial charge in [0.15, 0.2) is 0 Å². The molecule has 0 fully saturated rings. The molecule has 0 aliphatic carbocycles. The van der Waals surface area contributed by atoms with Gasteiger partial charge in [-0.1, -0.05) is 66.7 Å². The number of para-hydroxylation sites is 1. The lowest BCUT2D eigenvalue weighted by atomic mass is 10.0. The molecule has 1 nitrogen and oxygen atoms in total. The van der Waals surface area contributed by atoms with Gasteiger partial charge >= 0.3 is 0 Å². The molecule has 0 heterocycles. The van der Waals surface area contributed by atoms with E-state index in [1.54, 1.807) is 0 Å². The summed E-state index contributed by atoms with van der Waals surface area (Å²) in [7, 11) is 2.05. The molecular formula is C16H18Cl2NP. The minimum Gasteiger partial charge on any atom is -0.344 e. The molecule has 0 amide bonds. The highest BCUT2D eigenvalue weighted by Gasteiger charge is 2.20. The van der Waals surface area contributed by atoms with Gasteiger partial charge in [0.25, 0.3) is 0 Å². The maximum Gasteiger partial charge on any atom is 0.119 e. The molecule has 0 saturated carbocycles. The van der Waals surface area contributed by atoms with Gasteiger partial charge in [-0.2, -0.15) is 0 Å². The Kier molecular flexibility index (Phi) is 5.32. The number of rotatable bonds is 4. The number of hydrogen-bond acceptors (Lipinski definition) is 1. The first-order chi connectivity index (χ1) is 9.52. The normalized spacial score (nSPS) is 11.2. The third kappa shape index (κ3) is 3.28. The van der Waals surface area contributed by atoms with Crippen molar-refractivity contribution in [2.24, 2.45) is 0 Å².